The topological polar surface area (TPSA) is 125 Å². The van der Waals surface area contributed by atoms with Crippen molar-refractivity contribution in [2.75, 3.05) is 13.2 Å². The van der Waals surface area contributed by atoms with Crippen LogP contribution in [0.3, 0.4) is 0 Å². The molecule has 1 amide bonds. The molecule has 0 saturated carbocycles. The number of ether oxygens (including phenoxy) is 1. The number of allylic oxidation sites excluding steroid dienone is 3. The third-order valence-corrected chi connectivity index (χ3v) is 6.53. The number of carbonyl (C=O) groups is 1. The lowest BCUT2D eigenvalue weighted by atomic mass is 9.73. The van der Waals surface area contributed by atoms with Crippen LogP contribution in [0.5, 0.6) is 11.5 Å². The van der Waals surface area contributed by atoms with Crippen molar-refractivity contribution in [1.82, 2.24) is 5.32 Å². The zero-order valence-corrected chi connectivity index (χ0v) is 21.3. The van der Waals surface area contributed by atoms with Gasteiger partial charge in [0.25, 0.3) is 0 Å². The largest absolute Gasteiger partial charge is 0.507 e. The van der Waals surface area contributed by atoms with Gasteiger partial charge in [0.15, 0.2) is 0 Å². The molecule has 0 radical (unpaired) electrons. The molecule has 0 spiro atoms. The maximum atomic E-state index is 12.5. The van der Waals surface area contributed by atoms with Crippen molar-refractivity contribution in [3.05, 3.63) is 47.1 Å². The zero-order chi connectivity index (χ0) is 25.3. The molecular weight excluding hydrogens is 457 g/mol. The molecule has 0 aromatic heterocycles. The van der Waals surface area contributed by atoms with Gasteiger partial charge in [-0.05, 0) is 69.6 Å². The van der Waals surface area contributed by atoms with Crippen molar-refractivity contribution in [2.24, 2.45) is 5.92 Å². The Hall–Kier alpha value is -2.12. The summed E-state index contributed by atoms with van der Waals surface area (Å²) >= 11 is 0. The number of hydrogen-bond donors (Lipinski definition) is 4. The van der Waals surface area contributed by atoms with Crippen molar-refractivity contribution in [3.63, 3.8) is 0 Å². The molecular formula is C25H38NO7P. The third kappa shape index (κ3) is 8.91. The molecule has 1 aromatic carbocycles. The first-order valence-corrected chi connectivity index (χ1v) is 13.4. The van der Waals surface area contributed by atoms with Crippen LogP contribution in [0.1, 0.15) is 76.3 Å². The lowest BCUT2D eigenvalue weighted by Crippen LogP contribution is -2.29. The summed E-state index contributed by atoms with van der Waals surface area (Å²) in [5, 5.41) is 13.6. The fourth-order valence-corrected chi connectivity index (χ4v) is 4.67. The number of phosphoric ester groups is 1. The summed E-state index contributed by atoms with van der Waals surface area (Å²) in [5.74, 6) is 0.387. The summed E-state index contributed by atoms with van der Waals surface area (Å²) in [4.78, 5) is 30.0. The van der Waals surface area contributed by atoms with E-state index >= 15 is 0 Å². The van der Waals surface area contributed by atoms with E-state index in [9.17, 15) is 14.5 Å². The fraction of sp³-hybridized carbons (Fsp3) is 0.560. The van der Waals surface area contributed by atoms with Gasteiger partial charge in [0.1, 0.15) is 11.5 Å². The standard InChI is InChI=1S/C25H38NO7P/c1-5-6-7-9-19-15-22(27)24(21-14-18(4)10-11-20(21)17(2)3)23(16-19)33-25(28)26-12-8-13-32-34(29,30)31/h14-16,20-21,27H,2,5-13H2,1,3-4H3,(H,26,28)(H2,29,30,31)/t20-,21+/m0/s1. The number of benzene rings is 1. The molecule has 2 rings (SSSR count). The number of phenolic OH excluding ortho intramolecular Hbond substituents is 1. The van der Waals surface area contributed by atoms with Crippen LogP contribution in [0, 0.1) is 5.92 Å². The number of amides is 1. The van der Waals surface area contributed by atoms with Crippen LogP contribution >= 0.6 is 7.82 Å². The van der Waals surface area contributed by atoms with Crippen molar-refractivity contribution in [2.45, 2.75) is 71.6 Å². The Kier molecular flexibility index (Phi) is 10.8. The number of unbranched alkanes of at least 4 members (excludes halogenated alkanes) is 2. The highest BCUT2D eigenvalue weighted by molar-refractivity contribution is 7.46. The average molecular weight is 496 g/mol. The number of aromatic hydroxyl groups is 1. The van der Waals surface area contributed by atoms with Crippen LogP contribution in [0.15, 0.2) is 35.9 Å². The molecule has 34 heavy (non-hydrogen) atoms. The Balaban J connectivity index is 2.26. The van der Waals surface area contributed by atoms with E-state index in [1.807, 2.05) is 13.0 Å². The first-order chi connectivity index (χ1) is 16.0. The number of rotatable bonds is 12. The summed E-state index contributed by atoms with van der Waals surface area (Å²) in [6, 6.07) is 3.59. The first-order valence-electron chi connectivity index (χ1n) is 11.9. The van der Waals surface area contributed by atoms with Crippen LogP contribution in [0.4, 0.5) is 4.79 Å². The molecule has 1 aliphatic carbocycles. The molecule has 8 nitrogen and oxygen atoms in total. The Morgan fingerprint density at radius 1 is 1.26 bits per heavy atom. The molecule has 4 N–H and O–H groups in total. The third-order valence-electron chi connectivity index (χ3n) is 6.02. The number of phenols is 1. The maximum absolute atomic E-state index is 12.5. The van der Waals surface area contributed by atoms with Gasteiger partial charge in [-0.1, -0.05) is 43.6 Å². The summed E-state index contributed by atoms with van der Waals surface area (Å²) in [6.07, 6.45) is 7.37. The van der Waals surface area contributed by atoms with Crippen LogP contribution < -0.4 is 10.1 Å². The molecule has 190 valence electrons. The van der Waals surface area contributed by atoms with Crippen molar-refractivity contribution in [3.8, 4) is 11.5 Å². The van der Waals surface area contributed by atoms with Gasteiger partial charge in [-0.2, -0.15) is 0 Å². The number of phosphoric acid groups is 1. The summed E-state index contributed by atoms with van der Waals surface area (Å²) < 4.78 is 20.8. The van der Waals surface area contributed by atoms with Gasteiger partial charge < -0.3 is 24.9 Å². The van der Waals surface area contributed by atoms with Crippen LogP contribution in [0.25, 0.3) is 0 Å². The van der Waals surface area contributed by atoms with Gasteiger partial charge in [-0.15, -0.1) is 0 Å². The van der Waals surface area contributed by atoms with E-state index in [0.717, 1.165) is 49.7 Å². The highest BCUT2D eigenvalue weighted by atomic mass is 31.2. The van der Waals surface area contributed by atoms with Crippen LogP contribution in [-0.2, 0) is 15.5 Å². The van der Waals surface area contributed by atoms with E-state index in [1.54, 1.807) is 6.07 Å². The Morgan fingerprint density at radius 2 is 2.00 bits per heavy atom. The minimum atomic E-state index is -4.53. The first kappa shape index (κ1) is 28.1. The Morgan fingerprint density at radius 3 is 2.65 bits per heavy atom. The van der Waals surface area contributed by atoms with E-state index in [-0.39, 0.29) is 37.2 Å². The van der Waals surface area contributed by atoms with Gasteiger partial charge in [-0.25, -0.2) is 9.36 Å². The molecule has 1 aliphatic rings. The lowest BCUT2D eigenvalue weighted by Gasteiger charge is -2.32. The second-order valence-electron chi connectivity index (χ2n) is 9.01. The van der Waals surface area contributed by atoms with Crippen LogP contribution in [-0.4, -0.2) is 34.1 Å². The molecule has 0 heterocycles. The molecule has 9 heteroatoms. The Labute approximate surface area is 202 Å². The molecule has 0 aliphatic heterocycles. The predicted octanol–water partition coefficient (Wildman–Crippen LogP) is 5.73. The maximum Gasteiger partial charge on any atom is 0.469 e. The number of nitrogens with one attached hydrogen (secondary N) is 1. The highest BCUT2D eigenvalue weighted by Crippen LogP contribution is 2.47. The monoisotopic (exact) mass is 495 g/mol. The van der Waals surface area contributed by atoms with Gasteiger partial charge in [-0.3, -0.25) is 4.52 Å². The normalized spacial score (nSPS) is 18.3. The summed E-state index contributed by atoms with van der Waals surface area (Å²) in [7, 11) is -4.53. The minimum Gasteiger partial charge on any atom is -0.507 e. The predicted molar refractivity (Wildman–Crippen MR) is 132 cm³/mol. The summed E-state index contributed by atoms with van der Waals surface area (Å²) in [5.41, 5.74) is 3.71. The lowest BCUT2D eigenvalue weighted by molar-refractivity contribution is 0.189. The number of aryl methyl sites for hydroxylation is 1. The Bertz CT molecular complexity index is 937. The quantitative estimate of drug-likeness (QED) is 0.166. The van der Waals surface area contributed by atoms with Gasteiger partial charge in [0.2, 0.25) is 0 Å². The van der Waals surface area contributed by atoms with E-state index in [4.69, 9.17) is 14.5 Å². The number of carbonyl (C=O) groups excluding carboxylic acids is 1. The molecule has 0 saturated heterocycles. The highest BCUT2D eigenvalue weighted by Gasteiger charge is 2.31. The number of hydrogen-bond acceptors (Lipinski definition) is 5. The SMILES string of the molecule is C=C(C)[C@@H]1CCC(C)=C[C@H]1c1c(O)cc(CCCCC)cc1OC(=O)NCCCOP(=O)(O)O. The van der Waals surface area contributed by atoms with E-state index in [2.05, 4.69) is 36.3 Å². The minimum absolute atomic E-state index is 0.106. The molecule has 0 bridgehead atoms. The average Bonchev–Trinajstić information content (AvgIpc) is 2.72. The van der Waals surface area contributed by atoms with Crippen LogP contribution in [0.2, 0.25) is 0 Å². The van der Waals surface area contributed by atoms with Gasteiger partial charge in [0.05, 0.1) is 6.61 Å². The van der Waals surface area contributed by atoms with Crippen molar-refractivity contribution < 1.29 is 33.5 Å². The molecule has 1 aromatic rings. The summed E-state index contributed by atoms with van der Waals surface area (Å²) in [6.45, 7) is 10.2. The van der Waals surface area contributed by atoms with E-state index in [1.165, 1.54) is 5.57 Å². The van der Waals surface area contributed by atoms with Crippen molar-refractivity contribution in [1.29, 1.82) is 0 Å². The van der Waals surface area contributed by atoms with Gasteiger partial charge >= 0.3 is 13.9 Å². The zero-order valence-electron chi connectivity index (χ0n) is 20.4. The fourth-order valence-electron chi connectivity index (χ4n) is 4.30. The molecule has 0 fully saturated rings. The molecule has 0 unspecified atom stereocenters. The molecule has 2 atom stereocenters. The second kappa shape index (κ2) is 13.1. The van der Waals surface area contributed by atoms with Crippen molar-refractivity contribution >= 4 is 13.9 Å². The van der Waals surface area contributed by atoms with Gasteiger partial charge in [0, 0.05) is 18.0 Å². The van der Waals surface area contributed by atoms with E-state index < -0.39 is 13.9 Å². The smallest absolute Gasteiger partial charge is 0.469 e. The van der Waals surface area contributed by atoms with E-state index in [0.29, 0.717) is 11.3 Å². The second-order valence-corrected chi connectivity index (χ2v) is 10.2.